The van der Waals surface area contributed by atoms with Crippen LogP contribution >= 0.6 is 11.8 Å². The summed E-state index contributed by atoms with van der Waals surface area (Å²) < 4.78 is 30.7. The number of carbonyl (C=O) groups excluding carboxylic acids is 2. The van der Waals surface area contributed by atoms with Crippen LogP contribution in [0.1, 0.15) is 63.9 Å². The standard InChI is InChI=1S/C37H42FNO6S/c1-4-39-25-6-5-7-27(17-25)46-21-22-8-10-23(11-9-22)33-44-32-18-29-28-13-12-24-16-26(41)14-15-34(24,2)36(28,38)30(42)19-35(29,3)37(32,45-33)31(43)20-40/h5-11,14-17,28-30,32-33,39-40,42H,4,12-13,18-21H2,1-3H3/t28-,29-,30-,32+,33+,34-,35-,36-,37+/m0/s1. The number of fused-ring (bicyclic) bond motifs is 7. The largest absolute Gasteiger partial charge is 0.390 e. The number of carbonyl (C=O) groups is 2. The van der Waals surface area contributed by atoms with Gasteiger partial charge in [0.2, 0.25) is 0 Å². The van der Waals surface area contributed by atoms with Crippen molar-refractivity contribution in [1.82, 2.24) is 0 Å². The Kier molecular flexibility index (Phi) is 7.88. The van der Waals surface area contributed by atoms with Crippen molar-refractivity contribution in [3.8, 4) is 0 Å². The molecule has 0 amide bonds. The molecule has 1 heterocycles. The summed E-state index contributed by atoms with van der Waals surface area (Å²) >= 11 is 1.75. The number of benzene rings is 2. The first kappa shape index (κ1) is 31.8. The summed E-state index contributed by atoms with van der Waals surface area (Å²) in [6.45, 7) is 5.87. The molecule has 46 heavy (non-hydrogen) atoms. The van der Waals surface area contributed by atoms with Crippen molar-refractivity contribution in [3.63, 3.8) is 0 Å². The molecule has 244 valence electrons. The summed E-state index contributed by atoms with van der Waals surface area (Å²) in [5.74, 6) is -0.807. The van der Waals surface area contributed by atoms with E-state index in [-0.39, 0.29) is 18.1 Å². The average Bonchev–Trinajstić information content (AvgIpc) is 3.54. The number of ether oxygens (including phenoxy) is 2. The Morgan fingerprint density at radius 3 is 2.67 bits per heavy atom. The molecule has 0 radical (unpaired) electrons. The highest BCUT2D eigenvalue weighted by molar-refractivity contribution is 7.98. The van der Waals surface area contributed by atoms with Gasteiger partial charge in [0.05, 0.1) is 12.2 Å². The maximum atomic E-state index is 17.6. The van der Waals surface area contributed by atoms with E-state index in [9.17, 15) is 19.8 Å². The van der Waals surface area contributed by atoms with Gasteiger partial charge in [0.15, 0.2) is 29.1 Å². The molecule has 5 aliphatic rings. The van der Waals surface area contributed by atoms with Gasteiger partial charge in [0.25, 0.3) is 0 Å². The number of anilines is 1. The van der Waals surface area contributed by atoms with Gasteiger partial charge < -0.3 is 25.0 Å². The molecule has 1 aliphatic heterocycles. The van der Waals surface area contributed by atoms with Crippen LogP contribution in [0.4, 0.5) is 10.1 Å². The van der Waals surface area contributed by atoms with Crippen molar-refractivity contribution in [2.75, 3.05) is 18.5 Å². The molecule has 0 spiro atoms. The van der Waals surface area contributed by atoms with E-state index in [1.165, 1.54) is 17.0 Å². The molecule has 3 N–H and O–H groups in total. The van der Waals surface area contributed by atoms with E-state index in [0.717, 1.165) is 29.1 Å². The van der Waals surface area contributed by atoms with Gasteiger partial charge in [-0.1, -0.05) is 48.9 Å². The third kappa shape index (κ3) is 4.45. The third-order valence-corrected chi connectivity index (χ3v) is 12.9. The lowest BCUT2D eigenvalue weighted by molar-refractivity contribution is -0.231. The minimum Gasteiger partial charge on any atom is -0.390 e. The summed E-state index contributed by atoms with van der Waals surface area (Å²) in [5.41, 5.74) is -1.97. The van der Waals surface area contributed by atoms with Crippen LogP contribution in [0.2, 0.25) is 0 Å². The van der Waals surface area contributed by atoms with Crippen molar-refractivity contribution in [2.45, 2.75) is 86.9 Å². The lowest BCUT2D eigenvalue weighted by atomic mass is 9.44. The van der Waals surface area contributed by atoms with Crippen LogP contribution in [-0.4, -0.2) is 58.4 Å². The molecule has 7 rings (SSSR count). The summed E-state index contributed by atoms with van der Waals surface area (Å²) in [7, 11) is 0. The number of ketones is 2. The molecule has 2 aromatic carbocycles. The Labute approximate surface area is 273 Å². The van der Waals surface area contributed by atoms with Gasteiger partial charge in [-0.3, -0.25) is 9.59 Å². The van der Waals surface area contributed by atoms with E-state index in [1.807, 2.05) is 37.3 Å². The summed E-state index contributed by atoms with van der Waals surface area (Å²) in [6.07, 6.45) is 2.91. The lowest BCUT2D eigenvalue weighted by Crippen LogP contribution is -2.69. The Morgan fingerprint density at radius 2 is 1.93 bits per heavy atom. The predicted molar refractivity (Wildman–Crippen MR) is 174 cm³/mol. The van der Waals surface area contributed by atoms with Gasteiger partial charge in [0.1, 0.15) is 6.61 Å². The van der Waals surface area contributed by atoms with Crippen LogP contribution in [0.15, 0.2) is 77.2 Å². The first-order valence-corrected chi connectivity index (χ1v) is 17.3. The fraction of sp³-hybridized carbons (Fsp3) is 0.514. The zero-order valence-electron chi connectivity index (χ0n) is 26.5. The van der Waals surface area contributed by atoms with Crippen LogP contribution < -0.4 is 5.32 Å². The van der Waals surface area contributed by atoms with E-state index in [4.69, 9.17) is 9.47 Å². The highest BCUT2D eigenvalue weighted by atomic mass is 32.2. The Hall–Kier alpha value is -2.82. The SMILES string of the molecule is CCNc1cccc(SCc2ccc([C@@H]3O[C@@H]4C[C@H]5[C@@H]6CCC7=CC(=O)C=C[C@]7(C)[C@@]6(F)[C@@H](O)C[C@]5(C)[C@]4(C(=O)CO)O3)cc2)c1. The smallest absolute Gasteiger partial charge is 0.193 e. The maximum Gasteiger partial charge on any atom is 0.193 e. The van der Waals surface area contributed by atoms with Gasteiger partial charge >= 0.3 is 0 Å². The van der Waals surface area contributed by atoms with Crippen molar-refractivity contribution in [1.29, 1.82) is 0 Å². The van der Waals surface area contributed by atoms with E-state index in [1.54, 1.807) is 24.8 Å². The zero-order valence-corrected chi connectivity index (χ0v) is 27.3. The summed E-state index contributed by atoms with van der Waals surface area (Å²) in [6, 6.07) is 16.3. The second-order valence-corrected chi connectivity index (χ2v) is 15.0. The van der Waals surface area contributed by atoms with Crippen LogP contribution in [0.25, 0.3) is 0 Å². The second kappa shape index (κ2) is 11.4. The molecular weight excluding hydrogens is 605 g/mol. The number of aliphatic hydroxyl groups excluding tert-OH is 2. The highest BCUT2D eigenvalue weighted by Crippen LogP contribution is 2.72. The van der Waals surface area contributed by atoms with Crippen LogP contribution in [0, 0.1) is 22.7 Å². The molecule has 0 aromatic heterocycles. The number of alkyl halides is 1. The number of allylic oxidation sites excluding steroid dienone is 4. The molecule has 0 bridgehead atoms. The molecule has 2 aromatic rings. The third-order valence-electron chi connectivity index (χ3n) is 11.8. The van der Waals surface area contributed by atoms with E-state index in [2.05, 4.69) is 30.4 Å². The number of hydrogen-bond donors (Lipinski definition) is 3. The van der Waals surface area contributed by atoms with Crippen molar-refractivity contribution < 1.29 is 33.7 Å². The molecule has 9 atom stereocenters. The molecule has 3 saturated carbocycles. The minimum absolute atomic E-state index is 0.0290. The van der Waals surface area contributed by atoms with Gasteiger partial charge in [-0.15, -0.1) is 11.8 Å². The molecule has 1 saturated heterocycles. The topological polar surface area (TPSA) is 105 Å². The van der Waals surface area contributed by atoms with Crippen molar-refractivity contribution in [3.05, 3.63) is 83.5 Å². The zero-order chi connectivity index (χ0) is 32.5. The molecule has 4 aliphatic carbocycles. The quantitative estimate of drug-likeness (QED) is 0.295. The van der Waals surface area contributed by atoms with Gasteiger partial charge in [-0.2, -0.15) is 0 Å². The number of rotatable bonds is 8. The monoisotopic (exact) mass is 647 g/mol. The first-order valence-electron chi connectivity index (χ1n) is 16.3. The molecule has 9 heteroatoms. The summed E-state index contributed by atoms with van der Waals surface area (Å²) in [5, 5.41) is 25.3. The molecule has 4 fully saturated rings. The van der Waals surface area contributed by atoms with Crippen LogP contribution in [0.3, 0.4) is 0 Å². The van der Waals surface area contributed by atoms with E-state index >= 15 is 4.39 Å². The Bertz CT molecular complexity index is 1610. The summed E-state index contributed by atoms with van der Waals surface area (Å²) in [4.78, 5) is 27.1. The second-order valence-electron chi connectivity index (χ2n) is 14.0. The highest BCUT2D eigenvalue weighted by Gasteiger charge is 2.79. The average molecular weight is 648 g/mol. The molecule has 7 nitrogen and oxygen atoms in total. The number of Topliss-reactive ketones (excluding diaryl/α,β-unsaturated/α-hetero) is 1. The van der Waals surface area contributed by atoms with Gasteiger partial charge in [-0.05, 0) is 81.4 Å². The Morgan fingerprint density at radius 1 is 1.15 bits per heavy atom. The van der Waals surface area contributed by atoms with Gasteiger partial charge in [0, 0.05) is 45.2 Å². The van der Waals surface area contributed by atoms with Crippen LogP contribution in [-0.2, 0) is 24.8 Å². The van der Waals surface area contributed by atoms with E-state index < -0.39 is 58.9 Å². The fourth-order valence-corrected chi connectivity index (χ4v) is 10.5. The normalized spacial score (nSPS) is 39.2. The van der Waals surface area contributed by atoms with Crippen LogP contribution in [0.5, 0.6) is 0 Å². The minimum atomic E-state index is -2.03. The van der Waals surface area contributed by atoms with E-state index in [0.29, 0.717) is 24.8 Å². The number of aliphatic hydroxyl groups is 2. The van der Waals surface area contributed by atoms with Crippen molar-refractivity contribution >= 4 is 29.0 Å². The predicted octanol–water partition coefficient (Wildman–Crippen LogP) is 6.11. The maximum absolute atomic E-state index is 17.6. The number of nitrogens with one attached hydrogen (secondary N) is 1. The van der Waals surface area contributed by atoms with Gasteiger partial charge in [-0.25, -0.2) is 4.39 Å². The lowest BCUT2D eigenvalue weighted by Gasteiger charge is -2.62. The Balaban J connectivity index is 1.13. The molecule has 0 unspecified atom stereocenters. The number of halogens is 1. The number of thioether (sulfide) groups is 1. The fourth-order valence-electron chi connectivity index (χ4n) is 9.56. The van der Waals surface area contributed by atoms with Crippen molar-refractivity contribution in [2.24, 2.45) is 22.7 Å². The molecular formula is C37H42FNO6S. The first-order chi connectivity index (χ1) is 22.0. The number of hydrogen-bond acceptors (Lipinski definition) is 8.